The van der Waals surface area contributed by atoms with E-state index in [0.29, 0.717) is 12.1 Å². The third-order valence-electron chi connectivity index (χ3n) is 4.59. The zero-order valence-electron chi connectivity index (χ0n) is 16.0. The lowest BCUT2D eigenvalue weighted by molar-refractivity contribution is 0.0827. The minimum atomic E-state index is -0.0264. The molecule has 1 amide bonds. The van der Waals surface area contributed by atoms with Crippen LogP contribution in [0.3, 0.4) is 0 Å². The number of aromatic nitrogens is 3. The monoisotopic (exact) mass is 391 g/mol. The Bertz CT molecular complexity index is 1140. The Hall–Kier alpha value is -3.19. The summed E-state index contributed by atoms with van der Waals surface area (Å²) in [5.74, 6) is -0.0264. The van der Waals surface area contributed by atoms with Gasteiger partial charge in [-0.1, -0.05) is 47.7 Å². The van der Waals surface area contributed by atoms with E-state index in [-0.39, 0.29) is 5.91 Å². The van der Waals surface area contributed by atoms with Crippen molar-refractivity contribution in [2.45, 2.75) is 13.5 Å². The molecular weight excluding hydrogens is 370 g/mol. The molecule has 0 unspecified atom stereocenters. The van der Waals surface area contributed by atoms with E-state index in [1.807, 2.05) is 40.9 Å². The number of imidazole rings is 1. The van der Waals surface area contributed by atoms with Crippen LogP contribution in [-0.2, 0) is 6.54 Å². The van der Waals surface area contributed by atoms with Crippen LogP contribution in [0.5, 0.6) is 0 Å². The van der Waals surface area contributed by atoms with Gasteiger partial charge in [0.1, 0.15) is 0 Å². The highest BCUT2D eigenvalue weighted by atomic mass is 32.1. The molecule has 142 valence electrons. The average Bonchev–Trinajstić information content (AvgIpc) is 3.27. The highest BCUT2D eigenvalue weighted by molar-refractivity contribution is 7.20. The molecule has 7 heteroatoms. The first-order valence-electron chi connectivity index (χ1n) is 8.98. The number of aryl methyl sites for hydroxylation is 1. The zero-order chi connectivity index (χ0) is 19.7. The highest BCUT2D eigenvalue weighted by Crippen LogP contribution is 2.27. The summed E-state index contributed by atoms with van der Waals surface area (Å²) < 4.78 is 1.82. The second kappa shape index (κ2) is 7.44. The first-order chi connectivity index (χ1) is 13.5. The van der Waals surface area contributed by atoms with Crippen LogP contribution in [0.4, 0.5) is 5.13 Å². The molecule has 1 N–H and O–H groups in total. The number of nitrogens with one attached hydrogen (secondary N) is 1. The van der Waals surface area contributed by atoms with Crippen LogP contribution < -0.4 is 5.32 Å². The number of hydrogen-bond acceptors (Lipinski definition) is 5. The van der Waals surface area contributed by atoms with Gasteiger partial charge < -0.3 is 10.2 Å². The van der Waals surface area contributed by atoms with Crippen molar-refractivity contribution in [3.63, 3.8) is 0 Å². The summed E-state index contributed by atoms with van der Waals surface area (Å²) >= 11 is 1.51. The van der Waals surface area contributed by atoms with E-state index >= 15 is 0 Å². The van der Waals surface area contributed by atoms with Crippen molar-refractivity contribution in [2.75, 3.05) is 19.4 Å². The van der Waals surface area contributed by atoms with Crippen molar-refractivity contribution < 1.29 is 4.79 Å². The molecule has 0 fully saturated rings. The van der Waals surface area contributed by atoms with Crippen molar-refractivity contribution in [3.05, 3.63) is 71.4 Å². The second-order valence-electron chi connectivity index (χ2n) is 6.81. The second-order valence-corrected chi connectivity index (χ2v) is 7.76. The van der Waals surface area contributed by atoms with Gasteiger partial charge in [-0.2, -0.15) is 0 Å². The standard InChI is InChI=1S/C21H21N5OS/c1-14-7-4-5-8-17(14)12-22-20-24-26-18(13-23-21(26)28-20)15-9-6-10-16(11-15)19(27)25(2)3/h4-11,13H,12H2,1-3H3,(H,22,24). The van der Waals surface area contributed by atoms with Crippen molar-refractivity contribution in [3.8, 4) is 11.3 Å². The molecule has 0 spiro atoms. The zero-order valence-corrected chi connectivity index (χ0v) is 16.8. The van der Waals surface area contributed by atoms with Gasteiger partial charge in [-0.05, 0) is 30.2 Å². The van der Waals surface area contributed by atoms with Crippen molar-refractivity contribution in [1.82, 2.24) is 19.5 Å². The SMILES string of the molecule is Cc1ccccc1CNc1nn2c(-c3cccc(C(=O)N(C)C)c3)cnc2s1. The van der Waals surface area contributed by atoms with Crippen molar-refractivity contribution >= 4 is 27.3 Å². The van der Waals surface area contributed by atoms with E-state index in [1.54, 1.807) is 25.2 Å². The van der Waals surface area contributed by atoms with Gasteiger partial charge >= 0.3 is 0 Å². The number of anilines is 1. The molecular formula is C21H21N5OS. The number of amides is 1. The quantitative estimate of drug-likeness (QED) is 0.557. The lowest BCUT2D eigenvalue weighted by Gasteiger charge is -2.10. The summed E-state index contributed by atoms with van der Waals surface area (Å²) in [5.41, 5.74) is 4.91. The van der Waals surface area contributed by atoms with Crippen LogP contribution in [-0.4, -0.2) is 39.5 Å². The van der Waals surface area contributed by atoms with Crippen LogP contribution in [0.2, 0.25) is 0 Å². The van der Waals surface area contributed by atoms with Gasteiger partial charge in [-0.15, -0.1) is 5.10 Å². The highest BCUT2D eigenvalue weighted by Gasteiger charge is 2.14. The largest absolute Gasteiger partial charge is 0.356 e. The van der Waals surface area contributed by atoms with Crippen LogP contribution in [0, 0.1) is 6.92 Å². The fourth-order valence-corrected chi connectivity index (χ4v) is 3.78. The Labute approximate surface area is 167 Å². The number of benzene rings is 2. The van der Waals surface area contributed by atoms with E-state index in [4.69, 9.17) is 0 Å². The fourth-order valence-electron chi connectivity index (χ4n) is 3.01. The third-order valence-corrected chi connectivity index (χ3v) is 5.47. The Balaban J connectivity index is 1.61. The van der Waals surface area contributed by atoms with Gasteiger partial charge in [0, 0.05) is 31.8 Å². The Kier molecular flexibility index (Phi) is 4.83. The van der Waals surface area contributed by atoms with Gasteiger partial charge in [0.25, 0.3) is 5.91 Å². The molecule has 0 saturated heterocycles. The molecule has 0 bridgehead atoms. The normalized spacial score (nSPS) is 11.0. The van der Waals surface area contributed by atoms with Crippen LogP contribution in [0.1, 0.15) is 21.5 Å². The molecule has 0 aliphatic heterocycles. The van der Waals surface area contributed by atoms with E-state index in [2.05, 4.69) is 34.5 Å². The molecule has 6 nitrogen and oxygen atoms in total. The first kappa shape index (κ1) is 18.2. The molecule has 2 heterocycles. The van der Waals surface area contributed by atoms with E-state index in [9.17, 15) is 4.79 Å². The van der Waals surface area contributed by atoms with Gasteiger partial charge in [0.2, 0.25) is 10.1 Å². The van der Waals surface area contributed by atoms with Gasteiger partial charge in [-0.3, -0.25) is 4.79 Å². The summed E-state index contributed by atoms with van der Waals surface area (Å²) in [6, 6.07) is 15.8. The van der Waals surface area contributed by atoms with Crippen LogP contribution in [0.25, 0.3) is 16.2 Å². The predicted molar refractivity (Wildman–Crippen MR) is 113 cm³/mol. The molecule has 0 aliphatic rings. The maximum Gasteiger partial charge on any atom is 0.253 e. The molecule has 2 aromatic carbocycles. The van der Waals surface area contributed by atoms with E-state index < -0.39 is 0 Å². The van der Waals surface area contributed by atoms with Gasteiger partial charge in [0.05, 0.1) is 11.9 Å². The van der Waals surface area contributed by atoms with Crippen LogP contribution >= 0.6 is 11.3 Å². The third kappa shape index (κ3) is 3.48. The smallest absolute Gasteiger partial charge is 0.253 e. The van der Waals surface area contributed by atoms with Crippen LogP contribution in [0.15, 0.2) is 54.7 Å². The minimum Gasteiger partial charge on any atom is -0.356 e. The Morgan fingerprint density at radius 2 is 2.00 bits per heavy atom. The average molecular weight is 392 g/mol. The summed E-state index contributed by atoms with van der Waals surface area (Å²) in [7, 11) is 3.50. The molecule has 0 saturated carbocycles. The predicted octanol–water partition coefficient (Wildman–Crippen LogP) is 4.08. The maximum atomic E-state index is 12.3. The summed E-state index contributed by atoms with van der Waals surface area (Å²) in [4.78, 5) is 19.1. The number of fused-ring (bicyclic) bond motifs is 1. The molecule has 28 heavy (non-hydrogen) atoms. The molecule has 0 atom stereocenters. The number of carbonyl (C=O) groups excluding carboxylic acids is 1. The molecule has 0 aliphatic carbocycles. The molecule has 4 aromatic rings. The van der Waals surface area contributed by atoms with E-state index in [1.165, 1.54) is 22.5 Å². The van der Waals surface area contributed by atoms with Gasteiger partial charge in [0.15, 0.2) is 0 Å². The number of nitrogens with zero attached hydrogens (tertiary/aromatic N) is 4. The topological polar surface area (TPSA) is 62.5 Å². The molecule has 0 radical (unpaired) electrons. The maximum absolute atomic E-state index is 12.3. The summed E-state index contributed by atoms with van der Waals surface area (Å²) in [5, 5.41) is 8.87. The van der Waals surface area contributed by atoms with Crippen molar-refractivity contribution in [1.29, 1.82) is 0 Å². The van der Waals surface area contributed by atoms with Crippen molar-refractivity contribution in [2.24, 2.45) is 0 Å². The number of rotatable bonds is 5. The number of hydrogen-bond donors (Lipinski definition) is 1. The Morgan fingerprint density at radius 3 is 2.79 bits per heavy atom. The lowest BCUT2D eigenvalue weighted by atomic mass is 10.1. The van der Waals surface area contributed by atoms with Gasteiger partial charge in [-0.25, -0.2) is 9.50 Å². The summed E-state index contributed by atoms with van der Waals surface area (Å²) in [6.07, 6.45) is 1.79. The Morgan fingerprint density at radius 1 is 1.18 bits per heavy atom. The molecule has 2 aromatic heterocycles. The minimum absolute atomic E-state index is 0.0264. The number of carbonyl (C=O) groups is 1. The fraction of sp³-hybridized carbons (Fsp3) is 0.190. The van der Waals surface area contributed by atoms with E-state index in [0.717, 1.165) is 21.3 Å². The first-order valence-corrected chi connectivity index (χ1v) is 9.79. The molecule has 4 rings (SSSR count). The lowest BCUT2D eigenvalue weighted by Crippen LogP contribution is -2.21. The summed E-state index contributed by atoms with van der Waals surface area (Å²) in [6.45, 7) is 2.82.